The number of hydrogen-bond donors (Lipinski definition) is 3. The van der Waals surface area contributed by atoms with E-state index < -0.39 is 6.10 Å². The maximum Gasteiger partial charge on any atom is 0.129 e. The fourth-order valence-electron chi connectivity index (χ4n) is 6.63. The van der Waals surface area contributed by atoms with Crippen molar-refractivity contribution in [2.45, 2.75) is 122 Å². The first-order chi connectivity index (χ1) is 20.2. The fraction of sp³-hybridized carbons (Fsp3) is 0.667. The van der Waals surface area contributed by atoms with Crippen molar-refractivity contribution in [2.75, 3.05) is 26.2 Å². The Morgan fingerprint density at radius 3 is 2.12 bits per heavy atom. The molecular formula is C36H57N3O2. The number of H-pyrrole nitrogens is 1. The summed E-state index contributed by atoms with van der Waals surface area (Å²) in [5, 5.41) is 13.0. The largest absolute Gasteiger partial charge is 0.490 e. The minimum atomic E-state index is -0.667. The lowest BCUT2D eigenvalue weighted by Gasteiger charge is -2.33. The highest BCUT2D eigenvalue weighted by molar-refractivity contribution is 6.10. The topological polar surface area (TPSA) is 74.5 Å². The van der Waals surface area contributed by atoms with Crippen molar-refractivity contribution in [1.29, 1.82) is 0 Å². The Balaban J connectivity index is 1.04. The Bertz CT molecular complexity index is 1120. The Morgan fingerprint density at radius 1 is 0.829 bits per heavy atom. The molecule has 228 valence electrons. The van der Waals surface area contributed by atoms with E-state index in [1.165, 1.54) is 116 Å². The third kappa shape index (κ3) is 10.3. The summed E-state index contributed by atoms with van der Waals surface area (Å²) in [6.07, 6.45) is 20.9. The van der Waals surface area contributed by atoms with Crippen LogP contribution >= 0.6 is 0 Å². The van der Waals surface area contributed by atoms with Gasteiger partial charge in [-0.2, -0.15) is 0 Å². The first-order valence-corrected chi connectivity index (χ1v) is 16.9. The molecule has 1 aliphatic rings. The number of aromatic nitrogens is 1. The molecule has 1 unspecified atom stereocenters. The second-order valence-corrected chi connectivity index (χ2v) is 12.7. The van der Waals surface area contributed by atoms with Crippen LogP contribution in [0.4, 0.5) is 0 Å². The fourth-order valence-corrected chi connectivity index (χ4v) is 6.63. The number of nitrogens with two attached hydrogens (primary N) is 1. The highest BCUT2D eigenvalue weighted by Gasteiger charge is 2.25. The summed E-state index contributed by atoms with van der Waals surface area (Å²) in [6.45, 7) is 6.10. The summed E-state index contributed by atoms with van der Waals surface area (Å²) in [6, 6.07) is 14.0. The van der Waals surface area contributed by atoms with Gasteiger partial charge in [-0.05, 0) is 69.4 Å². The number of hydrogen-bond acceptors (Lipinski definition) is 4. The summed E-state index contributed by atoms with van der Waals surface area (Å²) in [7, 11) is 0. The molecule has 1 fully saturated rings. The maximum absolute atomic E-state index is 10.8. The van der Waals surface area contributed by atoms with Gasteiger partial charge in [-0.3, -0.25) is 0 Å². The second-order valence-electron chi connectivity index (χ2n) is 12.7. The molecule has 41 heavy (non-hydrogen) atoms. The van der Waals surface area contributed by atoms with Crippen molar-refractivity contribution < 1.29 is 9.84 Å². The quantitative estimate of drug-likeness (QED) is 0.120. The number of nitrogens with zero attached hydrogens (tertiary/aromatic N) is 1. The molecule has 0 radical (unpaired) electrons. The molecule has 2 atom stereocenters. The Labute approximate surface area is 249 Å². The molecule has 2 aromatic carbocycles. The van der Waals surface area contributed by atoms with Gasteiger partial charge < -0.3 is 25.5 Å². The van der Waals surface area contributed by atoms with Crippen LogP contribution in [0.15, 0.2) is 42.5 Å². The van der Waals surface area contributed by atoms with E-state index in [1.807, 2.05) is 24.3 Å². The minimum absolute atomic E-state index is 0.220. The third-order valence-electron chi connectivity index (χ3n) is 9.29. The van der Waals surface area contributed by atoms with Crippen LogP contribution < -0.4 is 10.5 Å². The standard InChI is InChI=1S/C36H57N3O2/c1-2-3-4-5-6-7-8-9-10-11-12-13-16-24-39-25-22-29(23-26-39)27-31(37)34(40)28-41-35-21-17-20-33-36(35)30-18-14-15-19-32(30)38-33/h14-15,17-21,29,31,34,38,40H,2-13,16,22-28,37H2,1H3/t31?,34-/m1/s1. The first kappa shape index (κ1) is 31.8. The van der Waals surface area contributed by atoms with Crippen molar-refractivity contribution in [3.63, 3.8) is 0 Å². The number of para-hydroxylation sites is 1. The lowest BCUT2D eigenvalue weighted by atomic mass is 9.88. The minimum Gasteiger partial charge on any atom is -0.490 e. The number of piperidine rings is 1. The van der Waals surface area contributed by atoms with E-state index in [4.69, 9.17) is 10.5 Å². The lowest BCUT2D eigenvalue weighted by molar-refractivity contribution is 0.0710. The van der Waals surface area contributed by atoms with Crippen molar-refractivity contribution in [2.24, 2.45) is 11.7 Å². The van der Waals surface area contributed by atoms with E-state index in [0.717, 1.165) is 34.0 Å². The van der Waals surface area contributed by atoms with Gasteiger partial charge in [0.2, 0.25) is 0 Å². The Morgan fingerprint density at radius 2 is 1.44 bits per heavy atom. The van der Waals surface area contributed by atoms with Gasteiger partial charge in [-0.15, -0.1) is 0 Å². The summed E-state index contributed by atoms with van der Waals surface area (Å²) in [5.74, 6) is 1.40. The van der Waals surface area contributed by atoms with Gasteiger partial charge in [0.15, 0.2) is 0 Å². The molecule has 4 N–H and O–H groups in total. The number of likely N-dealkylation sites (tertiary alicyclic amines) is 1. The second kappa shape index (κ2) is 17.8. The molecule has 3 aromatic rings. The van der Waals surface area contributed by atoms with E-state index in [9.17, 15) is 5.11 Å². The molecule has 5 heteroatoms. The Hall–Kier alpha value is -2.08. The zero-order valence-electron chi connectivity index (χ0n) is 25.8. The molecule has 0 bridgehead atoms. The number of ether oxygens (including phenoxy) is 1. The van der Waals surface area contributed by atoms with Crippen LogP contribution in [0.5, 0.6) is 5.75 Å². The van der Waals surface area contributed by atoms with E-state index in [-0.39, 0.29) is 12.6 Å². The molecular weight excluding hydrogens is 506 g/mol. The Kier molecular flexibility index (Phi) is 13.8. The number of fused-ring (bicyclic) bond motifs is 3. The van der Waals surface area contributed by atoms with Crippen LogP contribution in [0.25, 0.3) is 21.8 Å². The molecule has 1 aliphatic heterocycles. The zero-order valence-corrected chi connectivity index (χ0v) is 25.8. The number of rotatable bonds is 20. The average Bonchev–Trinajstić information content (AvgIpc) is 3.38. The van der Waals surface area contributed by atoms with Crippen LogP contribution in [0.3, 0.4) is 0 Å². The SMILES string of the molecule is CCCCCCCCCCCCCCCN1CCC(CC(N)[C@H](O)COc2cccc3[nH]c4ccccc4c23)CC1. The molecule has 4 rings (SSSR count). The van der Waals surface area contributed by atoms with E-state index in [2.05, 4.69) is 35.0 Å². The monoisotopic (exact) mass is 563 g/mol. The van der Waals surface area contributed by atoms with E-state index in [0.29, 0.717) is 5.92 Å². The number of aromatic amines is 1. The molecule has 0 saturated carbocycles. The molecule has 0 spiro atoms. The zero-order chi connectivity index (χ0) is 28.7. The van der Waals surface area contributed by atoms with Crippen molar-refractivity contribution in [3.05, 3.63) is 42.5 Å². The van der Waals surface area contributed by atoms with Crippen molar-refractivity contribution >= 4 is 21.8 Å². The van der Waals surface area contributed by atoms with Crippen molar-refractivity contribution in [1.82, 2.24) is 9.88 Å². The molecule has 1 saturated heterocycles. The normalized spacial score (nSPS) is 16.5. The predicted molar refractivity (Wildman–Crippen MR) is 175 cm³/mol. The summed E-state index contributed by atoms with van der Waals surface area (Å²) in [4.78, 5) is 6.09. The van der Waals surface area contributed by atoms with Crippen LogP contribution in [0.1, 0.15) is 110 Å². The molecule has 5 nitrogen and oxygen atoms in total. The van der Waals surface area contributed by atoms with Crippen LogP contribution in [0.2, 0.25) is 0 Å². The third-order valence-corrected chi connectivity index (χ3v) is 9.29. The van der Waals surface area contributed by atoms with Gasteiger partial charge in [0.1, 0.15) is 18.5 Å². The molecule has 0 amide bonds. The van der Waals surface area contributed by atoms with Crippen LogP contribution in [-0.4, -0.2) is 53.4 Å². The number of benzene rings is 2. The van der Waals surface area contributed by atoms with Crippen LogP contribution in [0, 0.1) is 5.92 Å². The summed E-state index contributed by atoms with van der Waals surface area (Å²) < 4.78 is 6.13. The number of aliphatic hydroxyl groups excluding tert-OH is 1. The van der Waals surface area contributed by atoms with Gasteiger partial charge in [0, 0.05) is 22.3 Å². The smallest absolute Gasteiger partial charge is 0.129 e. The van der Waals surface area contributed by atoms with Gasteiger partial charge in [0.05, 0.1) is 5.52 Å². The predicted octanol–water partition coefficient (Wildman–Crippen LogP) is 8.58. The number of unbranched alkanes of at least 4 members (excludes halogenated alkanes) is 12. The number of nitrogens with one attached hydrogen (secondary N) is 1. The summed E-state index contributed by atoms with van der Waals surface area (Å²) >= 11 is 0. The molecule has 0 aliphatic carbocycles. The van der Waals surface area contributed by atoms with Gasteiger partial charge >= 0.3 is 0 Å². The van der Waals surface area contributed by atoms with E-state index >= 15 is 0 Å². The van der Waals surface area contributed by atoms with Crippen LogP contribution in [-0.2, 0) is 0 Å². The maximum atomic E-state index is 10.8. The average molecular weight is 564 g/mol. The number of aliphatic hydroxyl groups is 1. The lowest BCUT2D eigenvalue weighted by Crippen LogP contribution is -2.42. The van der Waals surface area contributed by atoms with Gasteiger partial charge in [-0.25, -0.2) is 0 Å². The van der Waals surface area contributed by atoms with E-state index in [1.54, 1.807) is 0 Å². The highest BCUT2D eigenvalue weighted by atomic mass is 16.5. The first-order valence-electron chi connectivity index (χ1n) is 16.9. The summed E-state index contributed by atoms with van der Waals surface area (Å²) in [5.41, 5.74) is 8.61. The highest BCUT2D eigenvalue weighted by Crippen LogP contribution is 2.33. The van der Waals surface area contributed by atoms with Gasteiger partial charge in [0.25, 0.3) is 0 Å². The molecule has 1 aromatic heterocycles. The van der Waals surface area contributed by atoms with Gasteiger partial charge in [-0.1, -0.05) is 108 Å². The molecule has 2 heterocycles. The van der Waals surface area contributed by atoms with Crippen molar-refractivity contribution in [3.8, 4) is 5.75 Å².